The predicted octanol–water partition coefficient (Wildman–Crippen LogP) is 12.1. The first-order valence-electron chi connectivity index (χ1n) is 25.7. The Morgan fingerprint density at radius 3 is 1.43 bits per heavy atom. The molecule has 0 aliphatic carbocycles. The van der Waals surface area contributed by atoms with E-state index in [1.165, 1.54) is 96.3 Å². The van der Waals surface area contributed by atoms with Crippen molar-refractivity contribution in [1.29, 1.82) is 0 Å². The van der Waals surface area contributed by atoms with Crippen molar-refractivity contribution in [3.63, 3.8) is 0 Å². The second-order valence-electron chi connectivity index (χ2n) is 17.2. The first kappa shape index (κ1) is 59.9. The highest BCUT2D eigenvalue weighted by molar-refractivity contribution is 5.70. The Bertz CT molecular complexity index is 1330. The summed E-state index contributed by atoms with van der Waals surface area (Å²) < 4.78 is 22.2. The van der Waals surface area contributed by atoms with Crippen LogP contribution in [0.25, 0.3) is 0 Å². The van der Waals surface area contributed by atoms with Crippen LogP contribution in [0, 0.1) is 0 Å². The summed E-state index contributed by atoms with van der Waals surface area (Å²) in [5.41, 5.74) is 0. The smallest absolute Gasteiger partial charge is 0.306 e. The summed E-state index contributed by atoms with van der Waals surface area (Å²) in [4.78, 5) is 25.4. The van der Waals surface area contributed by atoms with Gasteiger partial charge in [0, 0.05) is 12.8 Å². The minimum Gasteiger partial charge on any atom is -0.462 e. The molecule has 1 heterocycles. The van der Waals surface area contributed by atoms with Gasteiger partial charge in [0.15, 0.2) is 12.4 Å². The number of rotatable bonds is 42. The van der Waals surface area contributed by atoms with Gasteiger partial charge in [-0.15, -0.1) is 0 Å². The molecular formula is C55H92O10. The van der Waals surface area contributed by atoms with Crippen molar-refractivity contribution in [3.8, 4) is 0 Å². The Balaban J connectivity index is 2.32. The molecule has 0 amide bonds. The highest BCUT2D eigenvalue weighted by Crippen LogP contribution is 2.23. The van der Waals surface area contributed by atoms with E-state index >= 15 is 0 Å². The Hall–Kier alpha value is -3.12. The van der Waals surface area contributed by atoms with Crippen LogP contribution in [0.3, 0.4) is 0 Å². The molecule has 1 fully saturated rings. The van der Waals surface area contributed by atoms with E-state index in [-0.39, 0.29) is 26.1 Å². The van der Waals surface area contributed by atoms with E-state index in [0.717, 1.165) is 57.8 Å². The molecule has 1 saturated heterocycles. The Kier molecular flexibility index (Phi) is 41.2. The minimum atomic E-state index is -1.61. The minimum absolute atomic E-state index is 0.146. The van der Waals surface area contributed by atoms with Crippen molar-refractivity contribution >= 4 is 11.9 Å². The van der Waals surface area contributed by atoms with Gasteiger partial charge < -0.3 is 39.4 Å². The lowest BCUT2D eigenvalue weighted by molar-refractivity contribution is -0.305. The van der Waals surface area contributed by atoms with Gasteiger partial charge >= 0.3 is 11.9 Å². The fraction of sp³-hybridized carbons (Fsp3) is 0.709. The maximum atomic E-state index is 12.8. The van der Waals surface area contributed by atoms with Crippen LogP contribution < -0.4 is 0 Å². The van der Waals surface area contributed by atoms with E-state index in [2.05, 4.69) is 86.8 Å². The monoisotopic (exact) mass is 913 g/mol. The van der Waals surface area contributed by atoms with E-state index in [1.807, 2.05) is 12.2 Å². The number of aliphatic hydroxyl groups excluding tert-OH is 4. The molecule has 65 heavy (non-hydrogen) atoms. The van der Waals surface area contributed by atoms with E-state index in [9.17, 15) is 30.0 Å². The molecule has 10 heteroatoms. The van der Waals surface area contributed by atoms with Crippen LogP contribution in [-0.4, -0.2) is 89.0 Å². The van der Waals surface area contributed by atoms with Gasteiger partial charge in [-0.1, -0.05) is 189 Å². The summed E-state index contributed by atoms with van der Waals surface area (Å²) in [5, 5.41) is 40.2. The highest BCUT2D eigenvalue weighted by Gasteiger charge is 2.44. The molecule has 0 aromatic heterocycles. The molecule has 0 saturated carbocycles. The second-order valence-corrected chi connectivity index (χ2v) is 17.2. The summed E-state index contributed by atoms with van der Waals surface area (Å²) in [6.07, 6.45) is 51.7. The van der Waals surface area contributed by atoms with Gasteiger partial charge in [0.2, 0.25) is 0 Å². The molecule has 1 aliphatic heterocycles. The predicted molar refractivity (Wildman–Crippen MR) is 265 cm³/mol. The van der Waals surface area contributed by atoms with Gasteiger partial charge in [-0.3, -0.25) is 9.59 Å². The first-order valence-corrected chi connectivity index (χ1v) is 25.7. The molecule has 4 N–H and O–H groups in total. The standard InChI is InChI=1S/C55H92O10/c1-3-5-7-9-11-13-15-17-19-21-23-24-26-28-30-32-34-36-38-40-42-44-51(58)64-48(47-63-55-54(61)53(60)52(59)49(45-56)65-55)46-62-50(57)43-41-39-37-35-33-31-29-27-25-22-20-18-16-14-12-10-8-6-4-2/h6,8,12,14,17-20,25,27,31,33,37,39,48-49,52-56,59-61H,3-5,7,9-11,13,15-16,21-24,26,28-30,32,34-36,38,40-47H2,1-2H3/b8-6+,14-12+,19-17+,20-18+,27-25+,33-31+,39-37+/t48-,49-,52+,53?,54?,55-/m1/s1. The van der Waals surface area contributed by atoms with E-state index in [0.29, 0.717) is 12.8 Å². The average Bonchev–Trinajstić information content (AvgIpc) is 3.30. The van der Waals surface area contributed by atoms with Gasteiger partial charge in [-0.05, 0) is 77.0 Å². The average molecular weight is 913 g/mol. The molecule has 0 aromatic rings. The molecular weight excluding hydrogens is 821 g/mol. The first-order chi connectivity index (χ1) is 31.8. The fourth-order valence-corrected chi connectivity index (χ4v) is 7.27. The third kappa shape index (κ3) is 35.7. The molecule has 0 bridgehead atoms. The van der Waals surface area contributed by atoms with Crippen molar-refractivity contribution < 1.29 is 49.0 Å². The number of unbranched alkanes of at least 4 members (excludes halogenated alkanes) is 17. The van der Waals surface area contributed by atoms with E-state index in [4.69, 9.17) is 18.9 Å². The number of hydrogen-bond donors (Lipinski definition) is 4. The van der Waals surface area contributed by atoms with Gasteiger partial charge in [-0.25, -0.2) is 0 Å². The number of allylic oxidation sites excluding steroid dienone is 14. The van der Waals surface area contributed by atoms with Gasteiger partial charge in [-0.2, -0.15) is 0 Å². The third-order valence-corrected chi connectivity index (χ3v) is 11.3. The van der Waals surface area contributed by atoms with Gasteiger partial charge in [0.05, 0.1) is 13.2 Å². The van der Waals surface area contributed by atoms with Gasteiger partial charge in [0.1, 0.15) is 31.0 Å². The molecule has 6 atom stereocenters. The van der Waals surface area contributed by atoms with Crippen LogP contribution in [0.1, 0.15) is 194 Å². The van der Waals surface area contributed by atoms with Crippen molar-refractivity contribution in [2.45, 2.75) is 230 Å². The van der Waals surface area contributed by atoms with Crippen LogP contribution in [0.5, 0.6) is 0 Å². The number of aliphatic hydroxyl groups is 4. The molecule has 1 rings (SSSR count). The normalized spacial score (nSPS) is 20.0. The van der Waals surface area contributed by atoms with Crippen LogP contribution in [0.4, 0.5) is 0 Å². The summed E-state index contributed by atoms with van der Waals surface area (Å²) in [5.74, 6) is -0.907. The molecule has 1 aliphatic rings. The quantitative estimate of drug-likeness (QED) is 0.0265. The van der Waals surface area contributed by atoms with Crippen molar-refractivity contribution in [3.05, 3.63) is 85.1 Å². The number of ether oxygens (including phenoxy) is 4. The second kappa shape index (κ2) is 44.7. The molecule has 0 aromatic carbocycles. The Morgan fingerprint density at radius 2 is 0.938 bits per heavy atom. The number of carbonyl (C=O) groups excluding carboxylic acids is 2. The highest BCUT2D eigenvalue weighted by atomic mass is 16.7. The van der Waals surface area contributed by atoms with Crippen molar-refractivity contribution in [2.75, 3.05) is 19.8 Å². The molecule has 0 spiro atoms. The van der Waals surface area contributed by atoms with Crippen LogP contribution in [0.15, 0.2) is 85.1 Å². The lowest BCUT2D eigenvalue weighted by Crippen LogP contribution is -2.59. The number of esters is 2. The lowest BCUT2D eigenvalue weighted by atomic mass is 9.99. The summed E-state index contributed by atoms with van der Waals surface area (Å²) in [6, 6.07) is 0. The van der Waals surface area contributed by atoms with Crippen LogP contribution in [-0.2, 0) is 28.5 Å². The molecule has 10 nitrogen and oxygen atoms in total. The Morgan fingerprint density at radius 1 is 0.492 bits per heavy atom. The summed E-state index contributed by atoms with van der Waals surface area (Å²) in [7, 11) is 0. The summed E-state index contributed by atoms with van der Waals surface area (Å²) in [6.45, 7) is 3.24. The zero-order valence-electron chi connectivity index (χ0n) is 40.7. The van der Waals surface area contributed by atoms with Crippen LogP contribution in [0.2, 0.25) is 0 Å². The van der Waals surface area contributed by atoms with Crippen LogP contribution >= 0.6 is 0 Å². The zero-order valence-corrected chi connectivity index (χ0v) is 40.7. The van der Waals surface area contributed by atoms with Crippen molar-refractivity contribution in [2.24, 2.45) is 0 Å². The maximum Gasteiger partial charge on any atom is 0.306 e. The lowest BCUT2D eigenvalue weighted by Gasteiger charge is -2.39. The van der Waals surface area contributed by atoms with E-state index < -0.39 is 55.4 Å². The SMILES string of the molecule is CC/C=C/C/C=C/C/C=C/C/C=C/C/C=C/C/C=C/CCC(=O)OC[C@H](CO[C@@H]1O[C@H](CO)[C@H](O)C(O)C1O)OC(=O)CCCCCCCCCCCCC/C=C/CCCCCCCC. The van der Waals surface area contributed by atoms with E-state index in [1.54, 1.807) is 0 Å². The largest absolute Gasteiger partial charge is 0.462 e. The fourth-order valence-electron chi connectivity index (χ4n) is 7.27. The molecule has 0 radical (unpaired) electrons. The van der Waals surface area contributed by atoms with Gasteiger partial charge in [0.25, 0.3) is 0 Å². The third-order valence-electron chi connectivity index (χ3n) is 11.3. The molecule has 2 unspecified atom stereocenters. The molecule has 372 valence electrons. The number of hydrogen-bond acceptors (Lipinski definition) is 10. The number of carbonyl (C=O) groups is 2. The van der Waals surface area contributed by atoms with Crippen molar-refractivity contribution in [1.82, 2.24) is 0 Å². The topological polar surface area (TPSA) is 152 Å². The summed E-state index contributed by atoms with van der Waals surface area (Å²) >= 11 is 0. The maximum absolute atomic E-state index is 12.8. The Labute approximate surface area is 395 Å². The zero-order chi connectivity index (χ0) is 47.3.